The smallest absolute Gasteiger partial charge is 0.244 e. The van der Waals surface area contributed by atoms with Crippen LogP contribution in [-0.2, 0) is 9.59 Å². The number of carbonyl (C=O) groups is 2. The highest BCUT2D eigenvalue weighted by molar-refractivity contribution is 5.92. The Labute approximate surface area is 172 Å². The van der Waals surface area contributed by atoms with Gasteiger partial charge in [0, 0.05) is 31.6 Å². The van der Waals surface area contributed by atoms with Crippen molar-refractivity contribution < 1.29 is 23.8 Å². The molecular weight excluding hydrogens is 372 g/mol. The van der Waals surface area contributed by atoms with E-state index in [4.69, 9.17) is 14.2 Å². The van der Waals surface area contributed by atoms with E-state index in [1.165, 1.54) is 6.08 Å². The second-order valence-corrected chi connectivity index (χ2v) is 7.84. The van der Waals surface area contributed by atoms with Crippen molar-refractivity contribution >= 4 is 17.9 Å². The van der Waals surface area contributed by atoms with E-state index in [2.05, 4.69) is 19.2 Å². The highest BCUT2D eigenvalue weighted by Gasteiger charge is 2.23. The van der Waals surface area contributed by atoms with Gasteiger partial charge in [-0.25, -0.2) is 0 Å². The molecule has 2 aliphatic heterocycles. The fourth-order valence-electron chi connectivity index (χ4n) is 3.56. The zero-order valence-corrected chi connectivity index (χ0v) is 17.4. The van der Waals surface area contributed by atoms with Crippen molar-refractivity contribution in [1.82, 2.24) is 10.2 Å². The van der Waals surface area contributed by atoms with Crippen LogP contribution in [-0.4, -0.2) is 56.2 Å². The second kappa shape index (κ2) is 9.67. The van der Waals surface area contributed by atoms with Gasteiger partial charge < -0.3 is 24.4 Å². The van der Waals surface area contributed by atoms with Gasteiger partial charge >= 0.3 is 0 Å². The van der Waals surface area contributed by atoms with Gasteiger partial charge in [0.2, 0.25) is 17.6 Å². The number of piperidine rings is 1. The van der Waals surface area contributed by atoms with Crippen molar-refractivity contribution in [3.05, 3.63) is 23.8 Å². The number of benzene rings is 1. The molecule has 1 fully saturated rings. The van der Waals surface area contributed by atoms with Gasteiger partial charge in [0.15, 0.2) is 11.5 Å². The molecule has 0 saturated carbocycles. The average Bonchev–Trinajstić information content (AvgIpc) is 2.71. The summed E-state index contributed by atoms with van der Waals surface area (Å²) in [6.45, 7) is 6.47. The average molecular weight is 402 g/mol. The van der Waals surface area contributed by atoms with Crippen molar-refractivity contribution in [2.75, 3.05) is 33.4 Å². The lowest BCUT2D eigenvalue weighted by Gasteiger charge is -2.32. The molecule has 1 aromatic rings. The van der Waals surface area contributed by atoms with Crippen LogP contribution in [0.4, 0.5) is 0 Å². The molecule has 29 heavy (non-hydrogen) atoms. The van der Waals surface area contributed by atoms with E-state index in [-0.39, 0.29) is 17.9 Å². The van der Waals surface area contributed by atoms with E-state index in [0.29, 0.717) is 55.9 Å². The fourth-order valence-corrected chi connectivity index (χ4v) is 3.56. The van der Waals surface area contributed by atoms with E-state index in [0.717, 1.165) is 18.4 Å². The molecule has 1 saturated heterocycles. The highest BCUT2D eigenvalue weighted by Crippen LogP contribution is 2.40. The first-order chi connectivity index (χ1) is 14.0. The summed E-state index contributed by atoms with van der Waals surface area (Å²) in [5, 5.41) is 3.03. The fraction of sp³-hybridized carbons (Fsp3) is 0.545. The number of likely N-dealkylation sites (tertiary alicyclic amines) is 1. The van der Waals surface area contributed by atoms with Gasteiger partial charge in [-0.05, 0) is 42.5 Å². The van der Waals surface area contributed by atoms with Crippen LogP contribution >= 0.6 is 0 Å². The van der Waals surface area contributed by atoms with Crippen LogP contribution in [0.15, 0.2) is 18.2 Å². The Morgan fingerprint density at radius 1 is 1.24 bits per heavy atom. The highest BCUT2D eigenvalue weighted by atomic mass is 16.6. The minimum atomic E-state index is -0.147. The minimum absolute atomic E-state index is 0.0880. The Hall–Kier alpha value is -2.70. The number of nitrogens with zero attached hydrogens (tertiary/aromatic N) is 1. The van der Waals surface area contributed by atoms with Crippen LogP contribution < -0.4 is 19.5 Å². The SMILES string of the molecule is COc1cc(/C=C/C(=O)NC2CCN(C(=O)CC(C)C)CC2)cc2c1OCCO2. The van der Waals surface area contributed by atoms with Gasteiger partial charge in [-0.2, -0.15) is 0 Å². The van der Waals surface area contributed by atoms with Crippen LogP contribution in [0.3, 0.4) is 0 Å². The predicted molar refractivity (Wildman–Crippen MR) is 110 cm³/mol. The Balaban J connectivity index is 1.52. The first-order valence-corrected chi connectivity index (χ1v) is 10.2. The third-order valence-corrected chi connectivity index (χ3v) is 5.05. The summed E-state index contributed by atoms with van der Waals surface area (Å²) in [6.07, 6.45) is 5.39. The molecule has 0 radical (unpaired) electrons. The van der Waals surface area contributed by atoms with E-state index < -0.39 is 0 Å². The molecule has 2 aliphatic rings. The molecule has 0 aliphatic carbocycles. The van der Waals surface area contributed by atoms with Gasteiger partial charge in [0.25, 0.3) is 0 Å². The number of hydrogen-bond acceptors (Lipinski definition) is 5. The molecule has 2 heterocycles. The van der Waals surface area contributed by atoms with Crippen LogP contribution in [0.25, 0.3) is 6.08 Å². The minimum Gasteiger partial charge on any atom is -0.493 e. The summed E-state index contributed by atoms with van der Waals surface area (Å²) < 4.78 is 16.6. The maximum atomic E-state index is 12.3. The molecule has 1 N–H and O–H groups in total. The summed E-state index contributed by atoms with van der Waals surface area (Å²) in [7, 11) is 1.58. The summed E-state index contributed by atoms with van der Waals surface area (Å²) >= 11 is 0. The lowest BCUT2D eigenvalue weighted by molar-refractivity contribution is -0.133. The standard InChI is InChI=1S/C22H30N2O5/c1-15(2)12-21(26)24-8-6-17(7-9-24)23-20(25)5-4-16-13-18(27-3)22-19(14-16)28-10-11-29-22/h4-5,13-15,17H,6-12H2,1-3H3,(H,23,25)/b5-4+. The summed E-state index contributed by atoms with van der Waals surface area (Å²) in [5.74, 6) is 2.22. The Morgan fingerprint density at radius 2 is 1.97 bits per heavy atom. The third kappa shape index (κ3) is 5.65. The normalized spacial score (nSPS) is 16.9. The van der Waals surface area contributed by atoms with Gasteiger partial charge in [0.1, 0.15) is 13.2 Å². The Bertz CT molecular complexity index is 749. The maximum Gasteiger partial charge on any atom is 0.244 e. The number of methoxy groups -OCH3 is 1. The Morgan fingerprint density at radius 3 is 2.66 bits per heavy atom. The van der Waals surface area contributed by atoms with E-state index in [1.807, 2.05) is 17.0 Å². The summed E-state index contributed by atoms with van der Waals surface area (Å²) in [6, 6.07) is 3.74. The molecular formula is C22H30N2O5. The van der Waals surface area contributed by atoms with Gasteiger partial charge in [-0.3, -0.25) is 9.59 Å². The first kappa shape index (κ1) is 21.0. The second-order valence-electron chi connectivity index (χ2n) is 7.84. The molecule has 0 aromatic heterocycles. The number of nitrogens with one attached hydrogen (secondary N) is 1. The first-order valence-electron chi connectivity index (χ1n) is 10.2. The molecule has 0 unspecified atom stereocenters. The van der Waals surface area contributed by atoms with E-state index >= 15 is 0 Å². The summed E-state index contributed by atoms with van der Waals surface area (Å²) in [5.41, 5.74) is 0.801. The molecule has 7 heteroatoms. The molecule has 7 nitrogen and oxygen atoms in total. The molecule has 0 bridgehead atoms. The van der Waals surface area contributed by atoms with Gasteiger partial charge in [-0.15, -0.1) is 0 Å². The number of amides is 2. The zero-order valence-electron chi connectivity index (χ0n) is 17.4. The van der Waals surface area contributed by atoms with Crippen molar-refractivity contribution in [3.8, 4) is 17.2 Å². The predicted octanol–water partition coefficient (Wildman–Crippen LogP) is 2.63. The molecule has 1 aromatic carbocycles. The number of ether oxygens (including phenoxy) is 3. The van der Waals surface area contributed by atoms with Crippen molar-refractivity contribution in [1.29, 1.82) is 0 Å². The van der Waals surface area contributed by atoms with Crippen molar-refractivity contribution in [2.24, 2.45) is 5.92 Å². The molecule has 158 valence electrons. The van der Waals surface area contributed by atoms with Crippen LogP contribution in [0, 0.1) is 5.92 Å². The van der Waals surface area contributed by atoms with Crippen LogP contribution in [0.5, 0.6) is 17.2 Å². The van der Waals surface area contributed by atoms with Crippen molar-refractivity contribution in [2.45, 2.75) is 39.2 Å². The lowest BCUT2D eigenvalue weighted by atomic mass is 10.0. The topological polar surface area (TPSA) is 77.1 Å². The van der Waals surface area contributed by atoms with Crippen LogP contribution in [0.2, 0.25) is 0 Å². The van der Waals surface area contributed by atoms with E-state index in [1.54, 1.807) is 13.2 Å². The monoisotopic (exact) mass is 402 g/mol. The quantitative estimate of drug-likeness (QED) is 0.741. The van der Waals surface area contributed by atoms with E-state index in [9.17, 15) is 9.59 Å². The molecule has 3 rings (SSSR count). The lowest BCUT2D eigenvalue weighted by Crippen LogP contribution is -2.46. The number of carbonyl (C=O) groups excluding carboxylic acids is 2. The molecule has 2 amide bonds. The Kier molecular flexibility index (Phi) is 7.01. The van der Waals surface area contributed by atoms with Gasteiger partial charge in [0.05, 0.1) is 7.11 Å². The third-order valence-electron chi connectivity index (χ3n) is 5.05. The number of fused-ring (bicyclic) bond motifs is 1. The van der Waals surface area contributed by atoms with Gasteiger partial charge in [-0.1, -0.05) is 13.8 Å². The molecule has 0 atom stereocenters. The molecule has 0 spiro atoms. The maximum absolute atomic E-state index is 12.3. The zero-order chi connectivity index (χ0) is 20.8. The van der Waals surface area contributed by atoms with Crippen molar-refractivity contribution in [3.63, 3.8) is 0 Å². The van der Waals surface area contributed by atoms with Crippen LogP contribution in [0.1, 0.15) is 38.7 Å². The largest absolute Gasteiger partial charge is 0.493 e. The summed E-state index contributed by atoms with van der Waals surface area (Å²) in [4.78, 5) is 26.4. The number of rotatable bonds is 6. The number of hydrogen-bond donors (Lipinski definition) is 1.